The molecule has 0 bridgehead atoms. The van der Waals surface area contributed by atoms with Crippen molar-refractivity contribution in [3.63, 3.8) is 0 Å². The van der Waals surface area contributed by atoms with Crippen molar-refractivity contribution in [2.24, 2.45) is 0 Å². The van der Waals surface area contributed by atoms with E-state index in [4.69, 9.17) is 0 Å². The quantitative estimate of drug-likeness (QED) is 0.259. The fourth-order valence-electron chi connectivity index (χ4n) is 1.49. The highest BCUT2D eigenvalue weighted by Gasteiger charge is 2.95. The average molecular weight is 503 g/mol. The molecular formula is C12H6F17NO. The Morgan fingerprint density at radius 2 is 0.806 bits per heavy atom. The molecule has 0 aromatic heterocycles. The second-order valence-electron chi connectivity index (χ2n) is 5.75. The summed E-state index contributed by atoms with van der Waals surface area (Å²) in [6.45, 7) is 2.97. The summed E-state index contributed by atoms with van der Waals surface area (Å²) < 4.78 is 219. The molecule has 0 heterocycles. The standard InChI is InChI=1S/C12H6F17NO/c1-3(2)4(31)30-12(28,29)10(23,24)8(19,20)6(15,16)5(13,14)7(17,18)9(21,22)11(25,26)27/h1H2,2H3,(H,30,31). The van der Waals surface area contributed by atoms with Crippen LogP contribution in [0.1, 0.15) is 6.92 Å². The molecule has 0 saturated heterocycles. The second kappa shape index (κ2) is 7.28. The molecule has 0 unspecified atom stereocenters. The number of rotatable bonds is 8. The van der Waals surface area contributed by atoms with Crippen molar-refractivity contribution in [1.29, 1.82) is 0 Å². The van der Waals surface area contributed by atoms with Gasteiger partial charge in [-0.25, -0.2) is 0 Å². The van der Waals surface area contributed by atoms with Gasteiger partial charge < -0.3 is 0 Å². The van der Waals surface area contributed by atoms with Gasteiger partial charge in [-0.2, -0.15) is 74.6 Å². The van der Waals surface area contributed by atoms with Crippen LogP contribution in [0.5, 0.6) is 0 Å². The first kappa shape index (κ1) is 29.0. The molecule has 0 rings (SSSR count). The number of carbonyl (C=O) groups is 1. The summed E-state index contributed by atoms with van der Waals surface area (Å²) in [6.07, 6.45) is -7.81. The van der Waals surface area contributed by atoms with Gasteiger partial charge in [0.2, 0.25) is 0 Å². The highest BCUT2D eigenvalue weighted by Crippen LogP contribution is 2.63. The summed E-state index contributed by atoms with van der Waals surface area (Å²) in [4.78, 5) is 10.8. The Bertz CT molecular complexity index is 719. The predicted molar refractivity (Wildman–Crippen MR) is 63.6 cm³/mol. The minimum absolute atomic E-state index is 0.377. The van der Waals surface area contributed by atoms with E-state index >= 15 is 0 Å². The van der Waals surface area contributed by atoms with Crippen LogP contribution in [0.2, 0.25) is 0 Å². The summed E-state index contributed by atoms with van der Waals surface area (Å²) >= 11 is 0. The lowest BCUT2D eigenvalue weighted by molar-refractivity contribution is -0.462. The molecule has 1 N–H and O–H groups in total. The van der Waals surface area contributed by atoms with Crippen LogP contribution in [0, 0.1) is 0 Å². The van der Waals surface area contributed by atoms with Crippen LogP contribution in [0.15, 0.2) is 12.2 Å². The highest BCUT2D eigenvalue weighted by molar-refractivity contribution is 5.92. The van der Waals surface area contributed by atoms with Crippen molar-refractivity contribution in [3.05, 3.63) is 12.2 Å². The third-order valence-electron chi connectivity index (χ3n) is 3.38. The minimum Gasteiger partial charge on any atom is -0.288 e. The molecule has 19 heteroatoms. The van der Waals surface area contributed by atoms with Gasteiger partial charge in [0.1, 0.15) is 0 Å². The number of alkyl halides is 17. The Hall–Kier alpha value is -1.98. The Morgan fingerprint density at radius 1 is 0.548 bits per heavy atom. The summed E-state index contributed by atoms with van der Waals surface area (Å²) in [5.74, 6) is -53.1. The molecule has 31 heavy (non-hydrogen) atoms. The molecule has 0 atom stereocenters. The fraction of sp³-hybridized carbons (Fsp3) is 0.750. The van der Waals surface area contributed by atoms with Crippen molar-refractivity contribution < 1.29 is 79.4 Å². The van der Waals surface area contributed by atoms with Gasteiger partial charge in [0.25, 0.3) is 5.91 Å². The van der Waals surface area contributed by atoms with E-state index < -0.39 is 59.2 Å². The summed E-state index contributed by atoms with van der Waals surface area (Å²) in [6, 6.07) is -6.96. The number of nitrogens with one attached hydrogen (secondary N) is 1. The number of carbonyl (C=O) groups excluding carboxylic acids is 1. The molecule has 2 nitrogen and oxygen atoms in total. The predicted octanol–water partition coefficient (Wildman–Crippen LogP) is 5.65. The summed E-state index contributed by atoms with van der Waals surface area (Å²) in [5.41, 5.74) is -1.19. The zero-order valence-electron chi connectivity index (χ0n) is 14.0. The summed E-state index contributed by atoms with van der Waals surface area (Å²) in [7, 11) is 0. The maximum absolute atomic E-state index is 13.3. The van der Waals surface area contributed by atoms with Gasteiger partial charge in [0.15, 0.2) is 0 Å². The van der Waals surface area contributed by atoms with Gasteiger partial charge in [-0.15, -0.1) is 0 Å². The van der Waals surface area contributed by atoms with Gasteiger partial charge in [-0.1, -0.05) is 6.58 Å². The monoisotopic (exact) mass is 503 g/mol. The smallest absolute Gasteiger partial charge is 0.288 e. The Labute approximate surface area is 159 Å². The first-order chi connectivity index (χ1) is 13.1. The van der Waals surface area contributed by atoms with Gasteiger partial charge in [0, 0.05) is 5.57 Å². The Balaban J connectivity index is 6.69. The Morgan fingerprint density at radius 3 is 1.06 bits per heavy atom. The van der Waals surface area contributed by atoms with Gasteiger partial charge in [-0.05, 0) is 6.92 Å². The van der Waals surface area contributed by atoms with Gasteiger partial charge >= 0.3 is 47.8 Å². The molecule has 0 aromatic carbocycles. The van der Waals surface area contributed by atoms with E-state index in [2.05, 4.69) is 6.58 Å². The lowest BCUT2D eigenvalue weighted by atomic mass is 9.90. The number of halogens is 17. The maximum atomic E-state index is 13.3. The summed E-state index contributed by atoms with van der Waals surface area (Å²) in [5, 5.41) is -0.377. The largest absolute Gasteiger partial charge is 0.460 e. The molecule has 1 amide bonds. The first-order valence-corrected chi connectivity index (χ1v) is 6.77. The van der Waals surface area contributed by atoms with Crippen molar-refractivity contribution in [1.82, 2.24) is 5.32 Å². The van der Waals surface area contributed by atoms with Gasteiger partial charge in [0.05, 0.1) is 0 Å². The molecular weight excluding hydrogens is 497 g/mol. The lowest BCUT2D eigenvalue weighted by Crippen LogP contribution is -2.75. The van der Waals surface area contributed by atoms with Gasteiger partial charge in [-0.3, -0.25) is 10.1 Å². The molecule has 0 aromatic rings. The van der Waals surface area contributed by atoms with Crippen molar-refractivity contribution in [2.45, 2.75) is 54.7 Å². The maximum Gasteiger partial charge on any atom is 0.460 e. The van der Waals surface area contributed by atoms with E-state index in [0.29, 0.717) is 6.92 Å². The molecule has 0 spiro atoms. The number of hydrogen-bond donors (Lipinski definition) is 1. The molecule has 184 valence electrons. The molecule has 0 fully saturated rings. The van der Waals surface area contributed by atoms with Crippen molar-refractivity contribution in [3.8, 4) is 0 Å². The molecule has 0 radical (unpaired) electrons. The second-order valence-corrected chi connectivity index (χ2v) is 5.75. The van der Waals surface area contributed by atoms with Crippen LogP contribution in [0.4, 0.5) is 74.6 Å². The Kier molecular flexibility index (Phi) is 6.81. The normalized spacial score (nSPS) is 15.7. The average Bonchev–Trinajstić information content (AvgIpc) is 2.51. The third-order valence-corrected chi connectivity index (χ3v) is 3.38. The van der Waals surface area contributed by atoms with E-state index in [-0.39, 0.29) is 5.32 Å². The van der Waals surface area contributed by atoms with Crippen LogP contribution in [0.3, 0.4) is 0 Å². The molecule has 0 saturated carbocycles. The lowest BCUT2D eigenvalue weighted by Gasteiger charge is -2.42. The van der Waals surface area contributed by atoms with E-state index in [0.717, 1.165) is 0 Å². The highest BCUT2D eigenvalue weighted by atomic mass is 19.4. The van der Waals surface area contributed by atoms with E-state index in [9.17, 15) is 79.4 Å². The van der Waals surface area contributed by atoms with Crippen LogP contribution >= 0.6 is 0 Å². The zero-order valence-corrected chi connectivity index (χ0v) is 14.0. The van der Waals surface area contributed by atoms with Crippen molar-refractivity contribution in [2.75, 3.05) is 0 Å². The first-order valence-electron chi connectivity index (χ1n) is 6.77. The zero-order chi connectivity index (χ0) is 25.9. The van der Waals surface area contributed by atoms with Crippen LogP contribution < -0.4 is 5.32 Å². The number of hydrogen-bond acceptors (Lipinski definition) is 1. The molecule has 0 aliphatic rings. The van der Waals surface area contributed by atoms with E-state index in [1.807, 2.05) is 0 Å². The van der Waals surface area contributed by atoms with E-state index in [1.54, 1.807) is 0 Å². The molecule has 0 aliphatic carbocycles. The molecule has 0 aliphatic heterocycles. The number of amides is 1. The SMILES string of the molecule is C=C(C)C(=O)NC(F)(F)C(F)(F)C(F)(F)C(F)(F)C(F)(F)C(F)(F)C(F)(F)C(F)(F)F. The minimum atomic E-state index is -8.71. The van der Waals surface area contributed by atoms with E-state index in [1.165, 1.54) is 0 Å². The van der Waals surface area contributed by atoms with Crippen LogP contribution in [0.25, 0.3) is 0 Å². The van der Waals surface area contributed by atoms with Crippen molar-refractivity contribution >= 4 is 5.91 Å². The van der Waals surface area contributed by atoms with Crippen LogP contribution in [-0.4, -0.2) is 53.7 Å². The van der Waals surface area contributed by atoms with Crippen LogP contribution in [-0.2, 0) is 4.79 Å². The topological polar surface area (TPSA) is 29.1 Å². The fourth-order valence-corrected chi connectivity index (χ4v) is 1.49. The third kappa shape index (κ3) is 3.87.